The zero-order valence-corrected chi connectivity index (χ0v) is 15.1. The summed E-state index contributed by atoms with van der Waals surface area (Å²) >= 11 is 6.02. The van der Waals surface area contributed by atoms with Gasteiger partial charge in [0.25, 0.3) is 0 Å². The number of phenols is 1. The molecule has 1 aromatic heterocycles. The molecule has 0 radical (unpaired) electrons. The lowest BCUT2D eigenvalue weighted by molar-refractivity contribution is 0.0697. The van der Waals surface area contributed by atoms with Crippen LogP contribution in [0.5, 0.6) is 5.75 Å². The number of oxazole rings is 1. The largest absolute Gasteiger partial charge is 0.507 e. The van der Waals surface area contributed by atoms with Gasteiger partial charge in [0, 0.05) is 22.4 Å². The number of carboxylic acids is 1. The Bertz CT molecular complexity index is 1230. The average molecular weight is 393 g/mol. The zero-order valence-electron chi connectivity index (χ0n) is 14.3. The second-order valence-electron chi connectivity index (χ2n) is 6.02. The van der Waals surface area contributed by atoms with E-state index in [0.717, 1.165) is 5.56 Å². The maximum absolute atomic E-state index is 11.1. The minimum atomic E-state index is -1.08. The molecule has 0 bridgehead atoms. The fraction of sp³-hybridized carbons (Fsp3) is 0. The lowest BCUT2D eigenvalue weighted by Crippen LogP contribution is -1.97. The predicted molar refractivity (Wildman–Crippen MR) is 107 cm³/mol. The fourth-order valence-electron chi connectivity index (χ4n) is 2.68. The molecular weight excluding hydrogens is 380 g/mol. The summed E-state index contributed by atoms with van der Waals surface area (Å²) in [6.07, 6.45) is 1.40. The number of aromatic hydroxyl groups is 1. The third-order valence-electron chi connectivity index (χ3n) is 4.07. The molecule has 7 heteroatoms. The minimum absolute atomic E-state index is 0.0560. The number of carbonyl (C=O) groups is 1. The highest BCUT2D eigenvalue weighted by Gasteiger charge is 2.10. The molecule has 4 rings (SSSR count). The van der Waals surface area contributed by atoms with Gasteiger partial charge in [-0.15, -0.1) is 0 Å². The summed E-state index contributed by atoms with van der Waals surface area (Å²) in [7, 11) is 0. The highest BCUT2D eigenvalue weighted by atomic mass is 35.5. The molecule has 0 spiro atoms. The minimum Gasteiger partial charge on any atom is -0.507 e. The van der Waals surface area contributed by atoms with Crippen molar-refractivity contribution in [2.75, 3.05) is 0 Å². The molecule has 2 N–H and O–H groups in total. The van der Waals surface area contributed by atoms with Gasteiger partial charge in [0.15, 0.2) is 5.58 Å². The van der Waals surface area contributed by atoms with Gasteiger partial charge in [0.1, 0.15) is 11.3 Å². The molecule has 0 aliphatic rings. The lowest BCUT2D eigenvalue weighted by atomic mass is 10.1. The van der Waals surface area contributed by atoms with Crippen LogP contribution in [0.15, 0.2) is 70.1 Å². The van der Waals surface area contributed by atoms with E-state index in [1.54, 1.807) is 30.3 Å². The van der Waals surface area contributed by atoms with Crippen LogP contribution in [0.3, 0.4) is 0 Å². The molecule has 3 aromatic carbocycles. The van der Waals surface area contributed by atoms with E-state index in [9.17, 15) is 9.90 Å². The first-order chi connectivity index (χ1) is 13.5. The number of aromatic nitrogens is 1. The van der Waals surface area contributed by atoms with Crippen LogP contribution in [-0.4, -0.2) is 27.4 Å². The fourth-order valence-corrected chi connectivity index (χ4v) is 2.87. The van der Waals surface area contributed by atoms with Gasteiger partial charge in [-0.2, -0.15) is 0 Å². The summed E-state index contributed by atoms with van der Waals surface area (Å²) in [6, 6.07) is 16.4. The van der Waals surface area contributed by atoms with Crippen LogP contribution in [0.2, 0.25) is 5.02 Å². The first-order valence-electron chi connectivity index (χ1n) is 8.26. The van der Waals surface area contributed by atoms with Gasteiger partial charge in [0.05, 0.1) is 11.3 Å². The van der Waals surface area contributed by atoms with E-state index in [4.69, 9.17) is 21.1 Å². The molecule has 138 valence electrons. The average Bonchev–Trinajstić information content (AvgIpc) is 3.10. The highest BCUT2D eigenvalue weighted by molar-refractivity contribution is 6.30. The van der Waals surface area contributed by atoms with Crippen LogP contribution in [0.1, 0.15) is 15.9 Å². The van der Waals surface area contributed by atoms with Crippen LogP contribution in [0.25, 0.3) is 22.6 Å². The quantitative estimate of drug-likeness (QED) is 0.459. The number of fused-ring (bicyclic) bond motifs is 1. The van der Waals surface area contributed by atoms with E-state index in [1.165, 1.54) is 24.4 Å². The second-order valence-corrected chi connectivity index (χ2v) is 6.45. The van der Waals surface area contributed by atoms with Crippen LogP contribution in [0, 0.1) is 0 Å². The number of hydrogen-bond acceptors (Lipinski definition) is 5. The van der Waals surface area contributed by atoms with E-state index >= 15 is 0 Å². The van der Waals surface area contributed by atoms with E-state index in [1.807, 2.05) is 12.1 Å². The number of carboxylic acid groups (broad SMARTS) is 1. The SMILES string of the molecule is O=C(O)c1ccc(O)c(C=Nc2ccc3oc(-c4cccc(Cl)c4)nc3c2)c1. The highest BCUT2D eigenvalue weighted by Crippen LogP contribution is 2.28. The number of aliphatic imine (C=N–C) groups is 1. The van der Waals surface area contributed by atoms with Gasteiger partial charge >= 0.3 is 5.97 Å². The van der Waals surface area contributed by atoms with Crippen molar-refractivity contribution >= 4 is 40.6 Å². The van der Waals surface area contributed by atoms with Gasteiger partial charge in [0.2, 0.25) is 5.89 Å². The second kappa shape index (κ2) is 7.17. The number of aromatic carboxylic acids is 1. The van der Waals surface area contributed by atoms with Crippen molar-refractivity contribution in [3.63, 3.8) is 0 Å². The number of halogens is 1. The van der Waals surface area contributed by atoms with Crippen molar-refractivity contribution in [3.05, 3.63) is 76.8 Å². The molecule has 0 unspecified atom stereocenters. The predicted octanol–water partition coefficient (Wildman–Crippen LogP) is 5.30. The van der Waals surface area contributed by atoms with Crippen molar-refractivity contribution in [1.29, 1.82) is 0 Å². The molecule has 0 saturated heterocycles. The summed E-state index contributed by atoms with van der Waals surface area (Å²) < 4.78 is 5.76. The zero-order chi connectivity index (χ0) is 19.7. The molecule has 0 aliphatic heterocycles. The van der Waals surface area contributed by atoms with Crippen LogP contribution >= 0.6 is 11.6 Å². The topological polar surface area (TPSA) is 95.9 Å². The summed E-state index contributed by atoms with van der Waals surface area (Å²) in [4.78, 5) is 19.8. The van der Waals surface area contributed by atoms with Crippen molar-refractivity contribution in [3.8, 4) is 17.2 Å². The van der Waals surface area contributed by atoms with Crippen LogP contribution in [0.4, 0.5) is 5.69 Å². The molecule has 0 saturated carbocycles. The molecule has 0 atom stereocenters. The molecule has 0 fully saturated rings. The van der Waals surface area contributed by atoms with E-state index in [-0.39, 0.29) is 11.3 Å². The molecule has 4 aromatic rings. The Labute approximate surface area is 164 Å². The molecule has 6 nitrogen and oxygen atoms in total. The Kier molecular flexibility index (Phi) is 4.55. The summed E-state index contributed by atoms with van der Waals surface area (Å²) in [5.41, 5.74) is 2.94. The monoisotopic (exact) mass is 392 g/mol. The molecule has 28 heavy (non-hydrogen) atoms. The standard InChI is InChI=1S/C21H13ClN2O4/c22-15-3-1-2-12(9-15)20-24-17-10-16(5-7-19(17)28-20)23-11-14-8-13(21(26)27)4-6-18(14)25/h1-11,25H,(H,26,27). The first kappa shape index (κ1) is 17.8. The number of nitrogens with zero attached hydrogens (tertiary/aromatic N) is 2. The molecule has 0 aliphatic carbocycles. The number of benzene rings is 3. The third kappa shape index (κ3) is 3.58. The Morgan fingerprint density at radius 3 is 2.75 bits per heavy atom. The van der Waals surface area contributed by atoms with Crippen LogP contribution < -0.4 is 0 Å². The van der Waals surface area contributed by atoms with Gasteiger partial charge in [-0.3, -0.25) is 4.99 Å². The lowest BCUT2D eigenvalue weighted by Gasteiger charge is -2.00. The van der Waals surface area contributed by atoms with Crippen molar-refractivity contribution < 1.29 is 19.4 Å². The van der Waals surface area contributed by atoms with Crippen molar-refractivity contribution in [1.82, 2.24) is 4.98 Å². The summed E-state index contributed by atoms with van der Waals surface area (Å²) in [5.74, 6) is -0.683. The Balaban J connectivity index is 1.66. The smallest absolute Gasteiger partial charge is 0.335 e. The van der Waals surface area contributed by atoms with E-state index in [0.29, 0.717) is 33.3 Å². The van der Waals surface area contributed by atoms with Gasteiger partial charge < -0.3 is 14.6 Å². The summed E-state index contributed by atoms with van der Waals surface area (Å²) in [5, 5.41) is 19.6. The van der Waals surface area contributed by atoms with Gasteiger partial charge in [-0.25, -0.2) is 9.78 Å². The number of hydrogen-bond donors (Lipinski definition) is 2. The van der Waals surface area contributed by atoms with Crippen molar-refractivity contribution in [2.45, 2.75) is 0 Å². The maximum Gasteiger partial charge on any atom is 0.335 e. The third-order valence-corrected chi connectivity index (χ3v) is 4.31. The maximum atomic E-state index is 11.1. The number of phenolic OH excluding ortho intramolecular Hbond substituents is 1. The first-order valence-corrected chi connectivity index (χ1v) is 8.64. The number of rotatable bonds is 4. The summed E-state index contributed by atoms with van der Waals surface area (Å²) in [6.45, 7) is 0. The Hall–Kier alpha value is -3.64. The Morgan fingerprint density at radius 1 is 1.11 bits per heavy atom. The van der Waals surface area contributed by atoms with Gasteiger partial charge in [-0.05, 0) is 54.6 Å². The molecule has 0 amide bonds. The van der Waals surface area contributed by atoms with Gasteiger partial charge in [-0.1, -0.05) is 17.7 Å². The van der Waals surface area contributed by atoms with E-state index in [2.05, 4.69) is 9.98 Å². The molecule has 1 heterocycles. The Morgan fingerprint density at radius 2 is 1.96 bits per heavy atom. The van der Waals surface area contributed by atoms with E-state index < -0.39 is 5.97 Å². The van der Waals surface area contributed by atoms with Crippen LogP contribution in [-0.2, 0) is 0 Å². The van der Waals surface area contributed by atoms with Crippen molar-refractivity contribution in [2.24, 2.45) is 4.99 Å². The normalized spacial score (nSPS) is 11.3. The molecular formula is C21H13ClN2O4.